The van der Waals surface area contributed by atoms with Crippen LogP contribution in [0.5, 0.6) is 0 Å². The molecule has 0 amide bonds. The second kappa shape index (κ2) is 5.38. The van der Waals surface area contributed by atoms with Gasteiger partial charge in [-0.05, 0) is 23.8 Å². The van der Waals surface area contributed by atoms with Crippen molar-refractivity contribution >= 4 is 17.6 Å². The van der Waals surface area contributed by atoms with Gasteiger partial charge in [-0.2, -0.15) is 0 Å². The third-order valence-electron chi connectivity index (χ3n) is 1.70. The van der Waals surface area contributed by atoms with Gasteiger partial charge in [0.15, 0.2) is 0 Å². The molecule has 4 heteroatoms. The molecular formula is C11H8ClFO2. The number of alkyl halides is 1. The lowest BCUT2D eigenvalue weighted by molar-refractivity contribution is -0.136. The van der Waals surface area contributed by atoms with Crippen LogP contribution in [0.15, 0.2) is 18.2 Å². The molecule has 0 unspecified atom stereocenters. The van der Waals surface area contributed by atoms with Crippen LogP contribution in [0.2, 0.25) is 0 Å². The van der Waals surface area contributed by atoms with Gasteiger partial charge in [-0.1, -0.05) is 11.8 Å². The lowest BCUT2D eigenvalue weighted by atomic mass is 10.0. The van der Waals surface area contributed by atoms with Crippen molar-refractivity contribution in [3.63, 3.8) is 0 Å². The van der Waals surface area contributed by atoms with Gasteiger partial charge in [0.2, 0.25) is 0 Å². The maximum Gasteiger partial charge on any atom is 0.307 e. The summed E-state index contributed by atoms with van der Waals surface area (Å²) in [5.41, 5.74) is 0.861. The van der Waals surface area contributed by atoms with E-state index in [2.05, 4.69) is 11.8 Å². The number of benzene rings is 1. The monoisotopic (exact) mass is 226 g/mol. The van der Waals surface area contributed by atoms with Crippen LogP contribution in [-0.4, -0.2) is 17.0 Å². The van der Waals surface area contributed by atoms with Gasteiger partial charge in [0, 0.05) is 5.56 Å². The second-order valence-electron chi connectivity index (χ2n) is 2.81. The molecule has 0 spiro atoms. The maximum atomic E-state index is 12.9. The first-order chi connectivity index (χ1) is 7.13. The predicted molar refractivity (Wildman–Crippen MR) is 55.3 cm³/mol. The molecule has 1 N–H and O–H groups in total. The minimum atomic E-state index is -1.02. The molecule has 0 saturated heterocycles. The van der Waals surface area contributed by atoms with Gasteiger partial charge in [0.25, 0.3) is 0 Å². The summed E-state index contributed by atoms with van der Waals surface area (Å²) < 4.78 is 12.9. The van der Waals surface area contributed by atoms with Crippen molar-refractivity contribution in [1.82, 2.24) is 0 Å². The molecule has 0 aromatic heterocycles. The minimum Gasteiger partial charge on any atom is -0.481 e. The van der Waals surface area contributed by atoms with Crippen LogP contribution in [0.4, 0.5) is 4.39 Å². The van der Waals surface area contributed by atoms with Crippen LogP contribution >= 0.6 is 11.6 Å². The molecule has 0 atom stereocenters. The van der Waals surface area contributed by atoms with E-state index in [0.717, 1.165) is 0 Å². The smallest absolute Gasteiger partial charge is 0.307 e. The molecule has 0 radical (unpaired) electrons. The Bertz CT molecular complexity index is 432. The summed E-state index contributed by atoms with van der Waals surface area (Å²) in [7, 11) is 0. The van der Waals surface area contributed by atoms with Crippen molar-refractivity contribution in [3.8, 4) is 11.8 Å². The zero-order valence-corrected chi connectivity index (χ0v) is 8.51. The highest BCUT2D eigenvalue weighted by atomic mass is 35.5. The van der Waals surface area contributed by atoms with Gasteiger partial charge < -0.3 is 5.11 Å². The van der Waals surface area contributed by atoms with Gasteiger partial charge in [0.05, 0.1) is 12.3 Å². The van der Waals surface area contributed by atoms with Crippen LogP contribution in [0, 0.1) is 17.7 Å². The van der Waals surface area contributed by atoms with Gasteiger partial charge in [-0.25, -0.2) is 4.39 Å². The quantitative estimate of drug-likeness (QED) is 0.619. The van der Waals surface area contributed by atoms with Crippen molar-refractivity contribution < 1.29 is 14.3 Å². The lowest BCUT2D eigenvalue weighted by Gasteiger charge is -2.01. The van der Waals surface area contributed by atoms with Crippen LogP contribution in [0.3, 0.4) is 0 Å². The van der Waals surface area contributed by atoms with Crippen molar-refractivity contribution in [2.45, 2.75) is 6.42 Å². The first-order valence-corrected chi connectivity index (χ1v) is 4.72. The van der Waals surface area contributed by atoms with Crippen LogP contribution in [0.1, 0.15) is 11.1 Å². The summed E-state index contributed by atoms with van der Waals surface area (Å²) in [4.78, 5) is 10.5. The van der Waals surface area contributed by atoms with E-state index >= 15 is 0 Å². The van der Waals surface area contributed by atoms with E-state index in [0.29, 0.717) is 11.1 Å². The molecule has 0 heterocycles. The summed E-state index contributed by atoms with van der Waals surface area (Å²) in [6.45, 7) is 0. The van der Waals surface area contributed by atoms with E-state index in [1.165, 1.54) is 18.2 Å². The highest BCUT2D eigenvalue weighted by molar-refractivity contribution is 6.19. The largest absolute Gasteiger partial charge is 0.481 e. The molecule has 2 nitrogen and oxygen atoms in total. The molecule has 0 bridgehead atoms. The third kappa shape index (κ3) is 3.61. The van der Waals surface area contributed by atoms with Gasteiger partial charge in [0.1, 0.15) is 5.82 Å². The molecule has 1 aromatic carbocycles. The Morgan fingerprint density at radius 3 is 2.87 bits per heavy atom. The normalized spacial score (nSPS) is 9.20. The van der Waals surface area contributed by atoms with Crippen molar-refractivity contribution in [3.05, 3.63) is 35.1 Å². The number of hydrogen-bond donors (Lipinski definition) is 1. The predicted octanol–water partition coefficient (Wildman–Crippen LogP) is 2.04. The number of carboxylic acid groups (broad SMARTS) is 1. The van der Waals surface area contributed by atoms with Crippen molar-refractivity contribution in [1.29, 1.82) is 0 Å². The number of hydrogen-bond acceptors (Lipinski definition) is 1. The zero-order chi connectivity index (χ0) is 11.3. The number of carboxylic acids is 1. The van der Waals surface area contributed by atoms with Crippen LogP contribution in [0.25, 0.3) is 0 Å². The molecular weight excluding hydrogens is 219 g/mol. The highest BCUT2D eigenvalue weighted by Crippen LogP contribution is 2.11. The fraction of sp³-hybridized carbons (Fsp3) is 0.182. The Labute approximate surface area is 91.7 Å². The first-order valence-electron chi connectivity index (χ1n) is 4.18. The Morgan fingerprint density at radius 2 is 2.27 bits per heavy atom. The van der Waals surface area contributed by atoms with E-state index in [1.54, 1.807) is 0 Å². The molecule has 0 fully saturated rings. The Morgan fingerprint density at radius 1 is 1.53 bits per heavy atom. The summed E-state index contributed by atoms with van der Waals surface area (Å²) >= 11 is 5.38. The fourth-order valence-electron chi connectivity index (χ4n) is 1.12. The number of rotatable bonds is 2. The fourth-order valence-corrected chi connectivity index (χ4v) is 1.19. The molecule has 0 aliphatic heterocycles. The van der Waals surface area contributed by atoms with Gasteiger partial charge in [-0.15, -0.1) is 11.6 Å². The summed E-state index contributed by atoms with van der Waals surface area (Å²) in [5, 5.41) is 8.61. The number of halogens is 2. The topological polar surface area (TPSA) is 37.3 Å². The molecule has 78 valence electrons. The Kier molecular flexibility index (Phi) is 4.14. The standard InChI is InChI=1S/C11H8ClFO2/c12-5-1-2-8-3-4-10(13)6-9(8)7-11(14)15/h3-4,6H,5,7H2,(H,14,15). The average molecular weight is 227 g/mol. The second-order valence-corrected chi connectivity index (χ2v) is 3.07. The Balaban J connectivity index is 3.08. The SMILES string of the molecule is O=C(O)Cc1cc(F)ccc1C#CCCl. The van der Waals surface area contributed by atoms with E-state index in [9.17, 15) is 9.18 Å². The average Bonchev–Trinajstić information content (AvgIpc) is 2.16. The third-order valence-corrected chi connectivity index (χ3v) is 1.83. The molecule has 1 aromatic rings. The van der Waals surface area contributed by atoms with Crippen LogP contribution in [-0.2, 0) is 11.2 Å². The molecule has 15 heavy (non-hydrogen) atoms. The van der Waals surface area contributed by atoms with Crippen molar-refractivity contribution in [2.75, 3.05) is 5.88 Å². The molecule has 0 aliphatic carbocycles. The first kappa shape index (κ1) is 11.5. The highest BCUT2D eigenvalue weighted by Gasteiger charge is 2.06. The number of aliphatic carboxylic acids is 1. The zero-order valence-electron chi connectivity index (χ0n) is 7.76. The van der Waals surface area contributed by atoms with E-state index in [1.807, 2.05) is 0 Å². The minimum absolute atomic E-state index is 0.157. The molecule has 0 saturated carbocycles. The molecule has 0 aliphatic rings. The van der Waals surface area contributed by atoms with E-state index < -0.39 is 11.8 Å². The van der Waals surface area contributed by atoms with E-state index in [-0.39, 0.29) is 12.3 Å². The summed E-state index contributed by atoms with van der Waals surface area (Å²) in [6, 6.07) is 3.86. The van der Waals surface area contributed by atoms with Gasteiger partial charge >= 0.3 is 5.97 Å². The number of carbonyl (C=O) groups is 1. The van der Waals surface area contributed by atoms with Gasteiger partial charge in [-0.3, -0.25) is 4.79 Å². The maximum absolute atomic E-state index is 12.9. The van der Waals surface area contributed by atoms with E-state index in [4.69, 9.17) is 16.7 Å². The summed E-state index contributed by atoms with van der Waals surface area (Å²) in [6.07, 6.45) is -0.246. The summed E-state index contributed by atoms with van der Waals surface area (Å²) in [5.74, 6) is 3.95. The lowest BCUT2D eigenvalue weighted by Crippen LogP contribution is -2.02. The van der Waals surface area contributed by atoms with Crippen molar-refractivity contribution in [2.24, 2.45) is 0 Å². The van der Waals surface area contributed by atoms with Crippen LogP contribution < -0.4 is 0 Å². The molecule has 1 rings (SSSR count). The Hall–Kier alpha value is -1.53.